The van der Waals surface area contributed by atoms with Gasteiger partial charge in [0.15, 0.2) is 0 Å². The molecule has 10 amide bonds. The van der Waals surface area contributed by atoms with Crippen molar-refractivity contribution >= 4 is 59.1 Å². The topological polar surface area (TPSA) is 285 Å². The number of hydrogen-bond donors (Lipinski definition) is 9. The summed E-state index contributed by atoms with van der Waals surface area (Å²) >= 11 is 0. The van der Waals surface area contributed by atoms with E-state index in [1.807, 2.05) is 51.0 Å². The van der Waals surface area contributed by atoms with Crippen molar-refractivity contribution in [1.82, 2.24) is 57.7 Å². The van der Waals surface area contributed by atoms with E-state index in [2.05, 4.69) is 60.8 Å². The van der Waals surface area contributed by atoms with Crippen molar-refractivity contribution in [3.8, 4) is 0 Å². The van der Waals surface area contributed by atoms with Crippen LogP contribution in [-0.4, -0.2) is 157 Å². The van der Waals surface area contributed by atoms with Crippen LogP contribution in [0.25, 0.3) is 0 Å². The van der Waals surface area contributed by atoms with Crippen molar-refractivity contribution in [2.45, 2.75) is 187 Å². The van der Waals surface area contributed by atoms with Gasteiger partial charge in [-0.3, -0.25) is 47.9 Å². The number of likely N-dealkylation sites (tertiary alicyclic amines) is 1. The molecule has 1 aromatic rings. The first kappa shape index (κ1) is 64.2. The lowest BCUT2D eigenvalue weighted by Gasteiger charge is -2.33. The van der Waals surface area contributed by atoms with E-state index in [1.165, 1.54) is 47.1 Å². The van der Waals surface area contributed by atoms with Gasteiger partial charge in [-0.15, -0.1) is 0 Å². The molecule has 2 aliphatic rings. The number of likely N-dealkylation sites (N-methyl/N-ethyl adjacent to an activating group) is 1. The van der Waals surface area contributed by atoms with E-state index in [4.69, 9.17) is 0 Å². The largest absolute Gasteiger partial charge is 0.355 e. The first-order chi connectivity index (χ1) is 35.7. The Hall–Kier alpha value is -6.12. The van der Waals surface area contributed by atoms with E-state index in [0.717, 1.165) is 44.1 Å². The molecule has 4 atom stereocenters. The summed E-state index contributed by atoms with van der Waals surface area (Å²) in [6, 6.07) is 5.31. The SMILES string of the molecule is CCCCCCCC[C@H](NC(=O)[C@@H]1CCCN1C(=O)C1CCc2ccccc2C1)C(=O)NCC(=O)NC(C)(C)C(=O)NCC(=O)N[C@@H](CC(C)C)C(=O)NC(C)(C)C(=O)NC(C)(C)C(=O)NCCC(=O)NCCN(C)C. The van der Waals surface area contributed by atoms with E-state index >= 15 is 0 Å². The van der Waals surface area contributed by atoms with Gasteiger partial charge < -0.3 is 57.7 Å². The summed E-state index contributed by atoms with van der Waals surface area (Å²) in [5, 5.41) is 23.9. The van der Waals surface area contributed by atoms with Gasteiger partial charge in [0.25, 0.3) is 0 Å². The second-order valence-electron chi connectivity index (χ2n) is 22.7. The zero-order valence-electron chi connectivity index (χ0n) is 47.3. The quantitative estimate of drug-likeness (QED) is 0.0482. The summed E-state index contributed by atoms with van der Waals surface area (Å²) in [7, 11) is 3.77. The Balaban J connectivity index is 1.53. The van der Waals surface area contributed by atoms with Crippen LogP contribution in [-0.2, 0) is 60.8 Å². The van der Waals surface area contributed by atoms with Crippen molar-refractivity contribution < 1.29 is 47.9 Å². The fourth-order valence-electron chi connectivity index (χ4n) is 9.15. The molecule has 0 spiro atoms. The normalized spacial score (nSPS) is 16.4. The number of carbonyl (C=O) groups excluding carboxylic acids is 10. The van der Waals surface area contributed by atoms with E-state index < -0.39 is 95.1 Å². The fourth-order valence-corrected chi connectivity index (χ4v) is 9.15. The van der Waals surface area contributed by atoms with E-state index in [-0.39, 0.29) is 43.0 Å². The van der Waals surface area contributed by atoms with Crippen LogP contribution in [0.1, 0.15) is 150 Å². The van der Waals surface area contributed by atoms with Crippen LogP contribution in [0, 0.1) is 11.8 Å². The number of unbranched alkanes of at least 4 members (excludes halogenated alkanes) is 5. The van der Waals surface area contributed by atoms with Gasteiger partial charge in [0, 0.05) is 38.5 Å². The molecule has 76 heavy (non-hydrogen) atoms. The molecule has 21 nitrogen and oxygen atoms in total. The van der Waals surface area contributed by atoms with Crippen LogP contribution in [0.4, 0.5) is 0 Å². The third-order valence-electron chi connectivity index (χ3n) is 13.7. The van der Waals surface area contributed by atoms with Gasteiger partial charge in [-0.1, -0.05) is 83.6 Å². The zero-order valence-corrected chi connectivity index (χ0v) is 47.3. The number of fused-ring (bicyclic) bond motifs is 1. The van der Waals surface area contributed by atoms with Gasteiger partial charge in [-0.05, 0) is 118 Å². The number of benzene rings is 1. The molecule has 1 aliphatic carbocycles. The van der Waals surface area contributed by atoms with Crippen LogP contribution >= 0.6 is 0 Å². The Labute approximate surface area is 450 Å². The van der Waals surface area contributed by atoms with Gasteiger partial charge in [-0.25, -0.2) is 0 Å². The first-order valence-electron chi connectivity index (χ1n) is 27.4. The minimum atomic E-state index is -1.57. The predicted molar refractivity (Wildman–Crippen MR) is 290 cm³/mol. The Morgan fingerprint density at radius 3 is 1.93 bits per heavy atom. The Bertz CT molecular complexity index is 2180. The van der Waals surface area contributed by atoms with Gasteiger partial charge in [-0.2, -0.15) is 0 Å². The number of amides is 10. The highest BCUT2D eigenvalue weighted by atomic mass is 16.2. The lowest BCUT2D eigenvalue weighted by molar-refractivity contribution is -0.142. The second kappa shape index (κ2) is 30.6. The monoisotopic (exact) mass is 1070 g/mol. The fraction of sp³-hybridized carbons (Fsp3) is 0.709. The maximum absolute atomic E-state index is 13.9. The molecule has 0 bridgehead atoms. The molecule has 1 heterocycles. The van der Waals surface area contributed by atoms with Crippen molar-refractivity contribution in [2.75, 3.05) is 53.4 Å². The summed E-state index contributed by atoms with van der Waals surface area (Å²) in [6.07, 6.45) is 9.54. The van der Waals surface area contributed by atoms with Crippen LogP contribution in [0.15, 0.2) is 24.3 Å². The van der Waals surface area contributed by atoms with Crippen molar-refractivity contribution in [3.63, 3.8) is 0 Å². The number of nitrogens with zero attached hydrogens (tertiary/aromatic N) is 2. The molecule has 21 heteroatoms. The summed E-state index contributed by atoms with van der Waals surface area (Å²) in [5.74, 6) is -5.65. The summed E-state index contributed by atoms with van der Waals surface area (Å²) in [4.78, 5) is 137. The van der Waals surface area contributed by atoms with Gasteiger partial charge in [0.05, 0.1) is 13.1 Å². The molecular weight excluding hydrogens is 975 g/mol. The van der Waals surface area contributed by atoms with Crippen LogP contribution in [0.3, 0.4) is 0 Å². The van der Waals surface area contributed by atoms with E-state index in [9.17, 15) is 47.9 Å². The summed E-state index contributed by atoms with van der Waals surface area (Å²) in [5.41, 5.74) is -2.15. The number of aryl methyl sites for hydroxylation is 1. The summed E-state index contributed by atoms with van der Waals surface area (Å²) < 4.78 is 0. The minimum absolute atomic E-state index is 0.0426. The highest BCUT2D eigenvalue weighted by Gasteiger charge is 2.41. The molecule has 1 unspecified atom stereocenters. The highest BCUT2D eigenvalue weighted by Crippen LogP contribution is 2.30. The maximum Gasteiger partial charge on any atom is 0.246 e. The maximum atomic E-state index is 13.9. The Kier molecular flexibility index (Phi) is 25.8. The average molecular weight is 1070 g/mol. The molecule has 0 radical (unpaired) electrons. The van der Waals surface area contributed by atoms with Crippen molar-refractivity contribution in [3.05, 3.63) is 35.4 Å². The standard InChI is InChI=1S/C55H91N11O10/c1-12-13-14-15-16-17-23-40(61-48(72)42-24-20-30-66(42)49(73)39-26-25-37-21-18-19-22-38(37)33-39)46(70)58-35-45(69)62-53(4,5)51(75)59-34-44(68)60-41(32-36(2)3)47(71)63-55(8,9)52(76)64-54(6,7)50(74)57-28-27-43(67)56-29-31-65(10)11/h18-19,21-22,36,39-42H,12-17,20,23-35H2,1-11H3,(H,56,67)(H,57,74)(H,58,70)(H,59,75)(H,60,68)(H,61,72)(H,62,69)(H,63,71)(H,64,76)/t39?,40-,41-,42-/m0/s1. The minimum Gasteiger partial charge on any atom is -0.355 e. The molecule has 1 aliphatic heterocycles. The van der Waals surface area contributed by atoms with Crippen LogP contribution in [0.5, 0.6) is 0 Å². The van der Waals surface area contributed by atoms with E-state index in [1.54, 1.807) is 4.90 Å². The number of nitrogens with one attached hydrogen (secondary N) is 9. The van der Waals surface area contributed by atoms with Gasteiger partial charge in [0.1, 0.15) is 34.7 Å². The van der Waals surface area contributed by atoms with Crippen LogP contribution < -0.4 is 47.9 Å². The third-order valence-corrected chi connectivity index (χ3v) is 13.7. The Morgan fingerprint density at radius 1 is 0.645 bits per heavy atom. The lowest BCUT2D eigenvalue weighted by Crippen LogP contribution is -2.64. The second-order valence-corrected chi connectivity index (χ2v) is 22.7. The summed E-state index contributed by atoms with van der Waals surface area (Å²) in [6.45, 7) is 15.0. The number of rotatable bonds is 31. The molecular formula is C55H91N11O10. The van der Waals surface area contributed by atoms with Gasteiger partial charge in [0.2, 0.25) is 59.1 Å². The molecule has 426 valence electrons. The van der Waals surface area contributed by atoms with Gasteiger partial charge >= 0.3 is 0 Å². The molecule has 1 saturated heterocycles. The Morgan fingerprint density at radius 2 is 1.26 bits per heavy atom. The lowest BCUT2D eigenvalue weighted by atomic mass is 9.83. The molecule has 3 rings (SSSR count). The average Bonchev–Trinajstić information content (AvgIpc) is 3.84. The number of carbonyl (C=O) groups is 10. The molecule has 1 aromatic carbocycles. The molecule has 1 fully saturated rings. The van der Waals surface area contributed by atoms with Crippen LogP contribution in [0.2, 0.25) is 0 Å². The number of hydrogen-bond acceptors (Lipinski definition) is 11. The van der Waals surface area contributed by atoms with Crippen molar-refractivity contribution in [2.24, 2.45) is 11.8 Å². The predicted octanol–water partition coefficient (Wildman–Crippen LogP) is 1.65. The zero-order chi connectivity index (χ0) is 56.8. The van der Waals surface area contributed by atoms with Crippen molar-refractivity contribution in [1.29, 1.82) is 0 Å². The first-order valence-corrected chi connectivity index (χ1v) is 27.4. The molecule has 0 aromatic heterocycles. The van der Waals surface area contributed by atoms with E-state index in [0.29, 0.717) is 58.2 Å². The molecule has 0 saturated carbocycles. The molecule has 9 N–H and O–H groups in total. The highest BCUT2D eigenvalue weighted by molar-refractivity contribution is 5.99. The smallest absolute Gasteiger partial charge is 0.246 e. The third kappa shape index (κ3) is 21.5.